The van der Waals surface area contributed by atoms with Crippen LogP contribution in [0.2, 0.25) is 0 Å². The summed E-state index contributed by atoms with van der Waals surface area (Å²) >= 11 is 0. The lowest BCUT2D eigenvalue weighted by molar-refractivity contribution is 0.118. The number of aryl methyl sites for hydroxylation is 2. The fourth-order valence-corrected chi connectivity index (χ4v) is 3.06. The number of hydrogen-bond donors (Lipinski definition) is 1. The average Bonchev–Trinajstić information content (AvgIpc) is 2.43. The van der Waals surface area contributed by atoms with E-state index >= 15 is 0 Å². The summed E-state index contributed by atoms with van der Waals surface area (Å²) in [6.07, 6.45) is 2.43. The maximum absolute atomic E-state index is 3.73. The van der Waals surface area contributed by atoms with Crippen LogP contribution in [0.15, 0.2) is 18.2 Å². The number of piperazine rings is 1. The zero-order chi connectivity index (χ0) is 13.9. The summed E-state index contributed by atoms with van der Waals surface area (Å²) in [7, 11) is 0. The summed E-state index contributed by atoms with van der Waals surface area (Å²) in [5, 5.41) is 3.73. The molecule has 0 saturated carbocycles. The van der Waals surface area contributed by atoms with Crippen molar-refractivity contribution in [2.24, 2.45) is 0 Å². The lowest BCUT2D eigenvalue weighted by Gasteiger charge is -2.43. The highest BCUT2D eigenvalue weighted by molar-refractivity contribution is 5.29. The molecular weight excluding hydrogens is 232 g/mol. The Hall–Kier alpha value is -0.860. The van der Waals surface area contributed by atoms with Crippen molar-refractivity contribution in [3.63, 3.8) is 0 Å². The molecule has 1 saturated heterocycles. The largest absolute Gasteiger partial charge is 0.309 e. The van der Waals surface area contributed by atoms with E-state index in [1.165, 1.54) is 36.1 Å². The van der Waals surface area contributed by atoms with E-state index in [-0.39, 0.29) is 0 Å². The molecule has 0 aromatic heterocycles. The van der Waals surface area contributed by atoms with Crippen molar-refractivity contribution in [3.05, 3.63) is 34.9 Å². The maximum Gasteiger partial charge on any atom is 0.0304 e. The third-order valence-corrected chi connectivity index (χ3v) is 4.79. The second-order valence-electron chi connectivity index (χ2n) is 6.04. The Morgan fingerprint density at radius 2 is 1.89 bits per heavy atom. The van der Waals surface area contributed by atoms with Crippen LogP contribution in [0.1, 0.15) is 43.4 Å². The molecule has 0 amide bonds. The third kappa shape index (κ3) is 3.37. The van der Waals surface area contributed by atoms with E-state index in [1.807, 2.05) is 0 Å². The van der Waals surface area contributed by atoms with Crippen LogP contribution in [0.3, 0.4) is 0 Å². The first-order chi connectivity index (χ1) is 9.08. The topological polar surface area (TPSA) is 15.3 Å². The fourth-order valence-electron chi connectivity index (χ4n) is 3.06. The van der Waals surface area contributed by atoms with Crippen LogP contribution in [0.4, 0.5) is 0 Å². The first-order valence-electron chi connectivity index (χ1n) is 7.62. The van der Waals surface area contributed by atoms with E-state index in [0.29, 0.717) is 5.54 Å². The highest BCUT2D eigenvalue weighted by Gasteiger charge is 2.31. The Kier molecular flexibility index (Phi) is 4.64. The van der Waals surface area contributed by atoms with Crippen LogP contribution >= 0.6 is 0 Å². The number of benzene rings is 1. The summed E-state index contributed by atoms with van der Waals surface area (Å²) in [6.45, 7) is 13.5. The number of nitrogens with one attached hydrogen (secondary N) is 1. The molecule has 0 unspecified atom stereocenters. The summed E-state index contributed by atoms with van der Waals surface area (Å²) < 4.78 is 0. The van der Waals surface area contributed by atoms with Gasteiger partial charge >= 0.3 is 0 Å². The zero-order valence-corrected chi connectivity index (χ0v) is 12.9. The van der Waals surface area contributed by atoms with Crippen LogP contribution in [0.25, 0.3) is 0 Å². The smallest absolute Gasteiger partial charge is 0.0304 e. The molecule has 1 aliphatic rings. The zero-order valence-electron chi connectivity index (χ0n) is 12.9. The minimum atomic E-state index is 0.331. The lowest BCUT2D eigenvalue weighted by atomic mass is 9.90. The first kappa shape index (κ1) is 14.5. The third-order valence-electron chi connectivity index (χ3n) is 4.79. The Bertz CT molecular complexity index is 421. The molecule has 0 radical (unpaired) electrons. The average molecular weight is 260 g/mol. The SMILES string of the molecule is CCC1(CC)CN(Cc2ccc(C)c(C)c2)CCN1. The standard InChI is InChI=1S/C17H28N2/c1-5-17(6-2)13-19(10-9-18-17)12-16-8-7-14(3)15(4)11-16/h7-8,11,18H,5-6,9-10,12-13H2,1-4H3. The molecule has 1 aliphatic heterocycles. The molecule has 1 fully saturated rings. The van der Waals surface area contributed by atoms with Crippen LogP contribution in [0.5, 0.6) is 0 Å². The molecule has 2 rings (SSSR count). The number of hydrogen-bond acceptors (Lipinski definition) is 2. The summed E-state index contributed by atoms with van der Waals surface area (Å²) in [6, 6.07) is 6.88. The van der Waals surface area contributed by atoms with E-state index in [1.54, 1.807) is 0 Å². The van der Waals surface area contributed by atoms with Gasteiger partial charge in [0.1, 0.15) is 0 Å². The van der Waals surface area contributed by atoms with Gasteiger partial charge in [-0.3, -0.25) is 4.90 Å². The monoisotopic (exact) mass is 260 g/mol. The van der Waals surface area contributed by atoms with E-state index < -0.39 is 0 Å². The number of rotatable bonds is 4. The van der Waals surface area contributed by atoms with Gasteiger partial charge in [0.2, 0.25) is 0 Å². The normalized spacial score (nSPS) is 19.6. The lowest BCUT2D eigenvalue weighted by Crippen LogP contribution is -2.59. The van der Waals surface area contributed by atoms with Gasteiger partial charge in [-0.1, -0.05) is 32.0 Å². The van der Waals surface area contributed by atoms with E-state index in [4.69, 9.17) is 0 Å². The van der Waals surface area contributed by atoms with E-state index in [0.717, 1.165) is 19.6 Å². The van der Waals surface area contributed by atoms with Gasteiger partial charge in [-0.2, -0.15) is 0 Å². The molecule has 2 heteroatoms. The van der Waals surface area contributed by atoms with Gasteiger partial charge in [0.05, 0.1) is 0 Å². The summed E-state index contributed by atoms with van der Waals surface area (Å²) in [5.74, 6) is 0. The van der Waals surface area contributed by atoms with Crippen molar-refractivity contribution in [1.82, 2.24) is 10.2 Å². The molecule has 106 valence electrons. The van der Waals surface area contributed by atoms with Crippen molar-refractivity contribution in [2.45, 2.75) is 52.6 Å². The van der Waals surface area contributed by atoms with Crippen LogP contribution < -0.4 is 5.32 Å². The Labute approximate surface area is 118 Å². The second kappa shape index (κ2) is 6.06. The Balaban J connectivity index is 2.04. The maximum atomic E-state index is 3.73. The first-order valence-corrected chi connectivity index (χ1v) is 7.62. The molecule has 1 heterocycles. The van der Waals surface area contributed by atoms with Crippen LogP contribution in [0, 0.1) is 13.8 Å². The molecule has 1 aromatic carbocycles. The van der Waals surface area contributed by atoms with E-state index in [9.17, 15) is 0 Å². The van der Waals surface area contributed by atoms with Gasteiger partial charge in [-0.25, -0.2) is 0 Å². The van der Waals surface area contributed by atoms with Gasteiger partial charge < -0.3 is 5.32 Å². The molecule has 0 aliphatic carbocycles. The predicted octanol–water partition coefficient (Wildman–Crippen LogP) is 3.27. The molecular formula is C17H28N2. The molecule has 1 aromatic rings. The molecule has 0 spiro atoms. The van der Waals surface area contributed by atoms with Crippen molar-refractivity contribution in [1.29, 1.82) is 0 Å². The van der Waals surface area contributed by atoms with Crippen molar-refractivity contribution in [3.8, 4) is 0 Å². The molecule has 19 heavy (non-hydrogen) atoms. The van der Waals surface area contributed by atoms with Gasteiger partial charge in [-0.05, 0) is 43.4 Å². The van der Waals surface area contributed by atoms with Crippen LogP contribution in [-0.4, -0.2) is 30.1 Å². The highest BCUT2D eigenvalue weighted by atomic mass is 15.2. The minimum Gasteiger partial charge on any atom is -0.309 e. The van der Waals surface area contributed by atoms with Crippen LogP contribution in [-0.2, 0) is 6.54 Å². The summed E-state index contributed by atoms with van der Waals surface area (Å²) in [4.78, 5) is 2.60. The van der Waals surface area contributed by atoms with Gasteiger partial charge in [0, 0.05) is 31.7 Å². The van der Waals surface area contributed by atoms with Crippen molar-refractivity contribution >= 4 is 0 Å². The predicted molar refractivity (Wildman–Crippen MR) is 82.5 cm³/mol. The molecule has 1 N–H and O–H groups in total. The van der Waals surface area contributed by atoms with Crippen molar-refractivity contribution in [2.75, 3.05) is 19.6 Å². The minimum absolute atomic E-state index is 0.331. The molecule has 0 atom stereocenters. The number of nitrogens with zero attached hydrogens (tertiary/aromatic N) is 1. The van der Waals surface area contributed by atoms with E-state index in [2.05, 4.69) is 56.1 Å². The Morgan fingerprint density at radius 1 is 1.16 bits per heavy atom. The Morgan fingerprint density at radius 3 is 2.53 bits per heavy atom. The highest BCUT2D eigenvalue weighted by Crippen LogP contribution is 2.21. The quantitative estimate of drug-likeness (QED) is 0.894. The van der Waals surface area contributed by atoms with Gasteiger partial charge in [0.15, 0.2) is 0 Å². The molecule has 0 bridgehead atoms. The fraction of sp³-hybridized carbons (Fsp3) is 0.647. The van der Waals surface area contributed by atoms with Gasteiger partial charge in [0.25, 0.3) is 0 Å². The molecule has 2 nitrogen and oxygen atoms in total. The van der Waals surface area contributed by atoms with Crippen molar-refractivity contribution < 1.29 is 0 Å². The van der Waals surface area contributed by atoms with Gasteiger partial charge in [-0.15, -0.1) is 0 Å². The summed E-state index contributed by atoms with van der Waals surface area (Å²) in [5.41, 5.74) is 4.58. The second-order valence-corrected chi connectivity index (χ2v) is 6.04.